The van der Waals surface area contributed by atoms with Crippen molar-refractivity contribution in [1.29, 1.82) is 0 Å². The molecule has 1 aliphatic rings. The van der Waals surface area contributed by atoms with Gasteiger partial charge in [-0.2, -0.15) is 5.10 Å². The average Bonchev–Trinajstić information content (AvgIpc) is 2.73. The predicted molar refractivity (Wildman–Crippen MR) is 127 cm³/mol. The standard InChI is InChI=1S/C23H25FN4O3S/c1-5-27-21-11-20(24)16(10-19(21)15(2)12-23(27,3)4)13-25-26-22(29)14-32-18-8-6-17(7-9-18)28(30)31/h6-13H,5,14H2,1-4H3,(H,26,29)/b25-13-. The smallest absolute Gasteiger partial charge is 0.269 e. The number of rotatable bonds is 7. The van der Waals surface area contributed by atoms with E-state index >= 15 is 0 Å². The third-order valence-electron chi connectivity index (χ3n) is 5.22. The second kappa shape index (κ2) is 9.52. The maximum Gasteiger partial charge on any atom is 0.269 e. The zero-order chi connectivity index (χ0) is 23.5. The summed E-state index contributed by atoms with van der Waals surface area (Å²) in [5.74, 6) is -0.701. The number of benzene rings is 2. The molecule has 0 spiro atoms. The summed E-state index contributed by atoms with van der Waals surface area (Å²) in [5.41, 5.74) is 5.31. The van der Waals surface area contributed by atoms with Crippen LogP contribution in [0.2, 0.25) is 0 Å². The fourth-order valence-corrected chi connectivity index (χ4v) is 4.50. The summed E-state index contributed by atoms with van der Waals surface area (Å²) < 4.78 is 14.7. The molecule has 0 bridgehead atoms. The molecule has 1 N–H and O–H groups in total. The third-order valence-corrected chi connectivity index (χ3v) is 6.23. The summed E-state index contributed by atoms with van der Waals surface area (Å²) in [6, 6.07) is 9.19. The lowest BCUT2D eigenvalue weighted by atomic mass is 9.88. The minimum absolute atomic E-state index is 0.00817. The molecule has 2 aromatic carbocycles. The van der Waals surface area contributed by atoms with Crippen molar-refractivity contribution in [3.63, 3.8) is 0 Å². The zero-order valence-corrected chi connectivity index (χ0v) is 19.2. The number of nitro groups is 1. The number of halogens is 1. The quantitative estimate of drug-likeness (QED) is 0.274. The molecular formula is C23H25FN4O3S. The third kappa shape index (κ3) is 5.16. The molecular weight excluding hydrogens is 431 g/mol. The molecule has 0 saturated heterocycles. The summed E-state index contributed by atoms with van der Waals surface area (Å²) in [6.07, 6.45) is 3.46. The maximum absolute atomic E-state index is 14.7. The van der Waals surface area contributed by atoms with Gasteiger partial charge in [0.15, 0.2) is 0 Å². The van der Waals surface area contributed by atoms with Gasteiger partial charge < -0.3 is 4.90 Å². The Hall–Kier alpha value is -3.20. The first kappa shape index (κ1) is 23.5. The first-order valence-corrected chi connectivity index (χ1v) is 11.1. The van der Waals surface area contributed by atoms with Crippen LogP contribution in [0.15, 0.2) is 52.5 Å². The van der Waals surface area contributed by atoms with Crippen LogP contribution in [0.5, 0.6) is 0 Å². The molecule has 0 saturated carbocycles. The number of fused-ring (bicyclic) bond motifs is 1. The van der Waals surface area contributed by atoms with Gasteiger partial charge in [-0.05, 0) is 57.5 Å². The Bertz CT molecular complexity index is 1100. The van der Waals surface area contributed by atoms with Crippen LogP contribution in [0.3, 0.4) is 0 Å². The fraction of sp³-hybridized carbons (Fsp3) is 0.304. The molecule has 3 rings (SSSR count). The normalized spacial score (nSPS) is 14.8. The molecule has 0 aromatic heterocycles. The molecule has 1 amide bonds. The van der Waals surface area contributed by atoms with Crippen LogP contribution in [0.25, 0.3) is 5.57 Å². The van der Waals surface area contributed by atoms with Gasteiger partial charge >= 0.3 is 0 Å². The van der Waals surface area contributed by atoms with Gasteiger partial charge in [-0.3, -0.25) is 14.9 Å². The van der Waals surface area contributed by atoms with Crippen LogP contribution in [-0.4, -0.2) is 34.9 Å². The number of likely N-dealkylation sites (N-methyl/N-ethyl adjacent to an activating group) is 1. The average molecular weight is 457 g/mol. The Kier molecular flexibility index (Phi) is 6.98. The van der Waals surface area contributed by atoms with Crippen LogP contribution in [0.1, 0.15) is 38.8 Å². The van der Waals surface area contributed by atoms with Gasteiger partial charge in [0, 0.05) is 40.4 Å². The molecule has 0 unspecified atom stereocenters. The van der Waals surface area contributed by atoms with E-state index in [2.05, 4.69) is 35.4 Å². The number of nitrogens with one attached hydrogen (secondary N) is 1. The van der Waals surface area contributed by atoms with Crippen molar-refractivity contribution in [3.8, 4) is 0 Å². The summed E-state index contributed by atoms with van der Waals surface area (Å²) in [4.78, 5) is 25.1. The number of hydrazone groups is 1. The highest BCUT2D eigenvalue weighted by molar-refractivity contribution is 8.00. The number of nitrogens with zero attached hydrogens (tertiary/aromatic N) is 3. The molecule has 32 heavy (non-hydrogen) atoms. The van der Waals surface area contributed by atoms with Gasteiger partial charge in [0.05, 0.1) is 22.4 Å². The molecule has 9 heteroatoms. The Morgan fingerprint density at radius 3 is 2.62 bits per heavy atom. The van der Waals surface area contributed by atoms with Gasteiger partial charge in [0.1, 0.15) is 5.82 Å². The Morgan fingerprint density at radius 1 is 1.31 bits per heavy atom. The Balaban J connectivity index is 1.65. The highest BCUT2D eigenvalue weighted by atomic mass is 32.2. The van der Waals surface area contributed by atoms with Crippen LogP contribution in [0, 0.1) is 15.9 Å². The SMILES string of the molecule is CCN1c2cc(F)c(/C=N\NC(=O)CSc3ccc([N+](=O)[O-])cc3)cc2C(C)=CC1(C)C. The van der Waals surface area contributed by atoms with E-state index in [0.717, 1.165) is 28.3 Å². The number of allylic oxidation sites excluding steroid dienone is 1. The van der Waals surface area contributed by atoms with E-state index in [1.165, 1.54) is 36.2 Å². The van der Waals surface area contributed by atoms with Gasteiger partial charge in [-0.25, -0.2) is 9.82 Å². The number of hydrogen-bond donors (Lipinski definition) is 1. The van der Waals surface area contributed by atoms with Gasteiger partial charge in [0.2, 0.25) is 5.91 Å². The number of thioether (sulfide) groups is 1. The van der Waals surface area contributed by atoms with Gasteiger partial charge in [-0.1, -0.05) is 6.08 Å². The molecule has 2 aromatic rings. The van der Waals surface area contributed by atoms with E-state index < -0.39 is 10.7 Å². The van der Waals surface area contributed by atoms with Crippen molar-refractivity contribution in [2.75, 3.05) is 17.2 Å². The topological polar surface area (TPSA) is 87.8 Å². The van der Waals surface area contributed by atoms with Crippen LogP contribution >= 0.6 is 11.8 Å². The van der Waals surface area contributed by atoms with Gasteiger partial charge in [-0.15, -0.1) is 11.8 Å². The summed E-state index contributed by atoms with van der Waals surface area (Å²) in [7, 11) is 0. The summed E-state index contributed by atoms with van der Waals surface area (Å²) in [5, 5.41) is 14.6. The van der Waals surface area contributed by atoms with Crippen LogP contribution in [0.4, 0.5) is 15.8 Å². The van der Waals surface area contributed by atoms with E-state index in [1.54, 1.807) is 18.2 Å². The minimum Gasteiger partial charge on any atom is -0.363 e. The predicted octanol–water partition coefficient (Wildman–Crippen LogP) is 5.00. The molecule has 168 valence electrons. The Morgan fingerprint density at radius 2 is 2.00 bits per heavy atom. The minimum atomic E-state index is -0.479. The van der Waals surface area contributed by atoms with Gasteiger partial charge in [0.25, 0.3) is 5.69 Å². The summed E-state index contributed by atoms with van der Waals surface area (Å²) in [6.45, 7) is 8.99. The fourth-order valence-electron chi connectivity index (χ4n) is 3.81. The van der Waals surface area contributed by atoms with Crippen molar-refractivity contribution < 1.29 is 14.1 Å². The van der Waals surface area contributed by atoms with Crippen molar-refractivity contribution in [2.45, 2.75) is 38.1 Å². The molecule has 0 aliphatic carbocycles. The maximum atomic E-state index is 14.7. The molecule has 0 atom stereocenters. The Labute approximate surface area is 190 Å². The molecule has 0 radical (unpaired) electrons. The van der Waals surface area contributed by atoms with Crippen LogP contribution < -0.4 is 10.3 Å². The van der Waals surface area contributed by atoms with Crippen molar-refractivity contribution in [2.24, 2.45) is 5.10 Å². The lowest BCUT2D eigenvalue weighted by Crippen LogP contribution is -2.45. The second-order valence-electron chi connectivity index (χ2n) is 7.95. The molecule has 7 nitrogen and oxygen atoms in total. The molecule has 1 heterocycles. The van der Waals surface area contributed by atoms with E-state index in [0.29, 0.717) is 0 Å². The molecule has 1 aliphatic heterocycles. The van der Waals surface area contributed by atoms with E-state index in [1.807, 2.05) is 13.8 Å². The zero-order valence-electron chi connectivity index (χ0n) is 18.4. The second-order valence-corrected chi connectivity index (χ2v) is 9.00. The van der Waals surface area contributed by atoms with Crippen molar-refractivity contribution >= 4 is 40.8 Å². The number of carbonyl (C=O) groups is 1. The first-order valence-electron chi connectivity index (χ1n) is 10.1. The number of hydrogen-bond acceptors (Lipinski definition) is 6. The number of nitro benzene ring substituents is 1. The number of amides is 1. The lowest BCUT2D eigenvalue weighted by Gasteiger charge is -2.42. The lowest BCUT2D eigenvalue weighted by molar-refractivity contribution is -0.384. The van der Waals surface area contributed by atoms with E-state index in [-0.39, 0.29) is 28.4 Å². The number of non-ortho nitro benzene ring substituents is 1. The van der Waals surface area contributed by atoms with E-state index in [9.17, 15) is 19.3 Å². The van der Waals surface area contributed by atoms with Crippen molar-refractivity contribution in [3.05, 3.63) is 69.5 Å². The highest BCUT2D eigenvalue weighted by Gasteiger charge is 2.30. The van der Waals surface area contributed by atoms with Crippen molar-refractivity contribution in [1.82, 2.24) is 5.43 Å². The largest absolute Gasteiger partial charge is 0.363 e. The number of carbonyl (C=O) groups excluding carboxylic acids is 1. The monoisotopic (exact) mass is 456 g/mol. The first-order chi connectivity index (χ1) is 15.1. The summed E-state index contributed by atoms with van der Waals surface area (Å²) >= 11 is 1.22. The number of anilines is 1. The molecule has 0 fully saturated rings. The van der Waals surface area contributed by atoms with Crippen LogP contribution in [-0.2, 0) is 4.79 Å². The van der Waals surface area contributed by atoms with E-state index in [4.69, 9.17) is 0 Å². The highest BCUT2D eigenvalue weighted by Crippen LogP contribution is 2.39.